The summed E-state index contributed by atoms with van der Waals surface area (Å²) in [4.78, 5) is 15.1. The highest BCUT2D eigenvalue weighted by atomic mass is 16.5. The van der Waals surface area contributed by atoms with Crippen molar-refractivity contribution in [2.24, 2.45) is 0 Å². The van der Waals surface area contributed by atoms with E-state index in [0.29, 0.717) is 44.2 Å². The normalized spacial score (nSPS) is 15.4. The Morgan fingerprint density at radius 1 is 1.06 bits per heavy atom. The van der Waals surface area contributed by atoms with Crippen molar-refractivity contribution in [1.29, 1.82) is 0 Å². The fraction of sp³-hybridized carbons (Fsp3) is 0.400. The summed E-state index contributed by atoms with van der Waals surface area (Å²) < 4.78 is 18.5. The molecule has 0 bridgehead atoms. The van der Waals surface area contributed by atoms with Crippen LogP contribution in [0.4, 0.5) is 0 Å². The minimum absolute atomic E-state index is 0.0371. The maximum Gasteiger partial charge on any atom is 0.221 e. The van der Waals surface area contributed by atoms with Crippen molar-refractivity contribution >= 4 is 16.8 Å². The number of hydrogen-bond donors (Lipinski definition) is 1. The number of hydrogen-bond acceptors (Lipinski definition) is 5. The summed E-state index contributed by atoms with van der Waals surface area (Å²) in [5.74, 6) is 1.43. The summed E-state index contributed by atoms with van der Waals surface area (Å²) in [7, 11) is 3.27. The van der Waals surface area contributed by atoms with Crippen LogP contribution in [-0.2, 0) is 16.1 Å². The summed E-state index contributed by atoms with van der Waals surface area (Å²) >= 11 is 0. The Kier molecular flexibility index (Phi) is 7.29. The number of nitrogens with zero attached hydrogens (tertiary/aromatic N) is 2. The molecular weight excluding hydrogens is 406 g/mol. The first kappa shape index (κ1) is 22.2. The minimum atomic E-state index is 0.0371. The zero-order chi connectivity index (χ0) is 22.3. The molecule has 1 saturated heterocycles. The van der Waals surface area contributed by atoms with Crippen molar-refractivity contribution in [2.75, 3.05) is 47.1 Å². The molecule has 0 spiro atoms. The molecule has 1 aromatic heterocycles. The van der Waals surface area contributed by atoms with Crippen LogP contribution in [0.3, 0.4) is 0 Å². The molecule has 0 saturated carbocycles. The van der Waals surface area contributed by atoms with Gasteiger partial charge in [-0.2, -0.15) is 0 Å². The van der Waals surface area contributed by atoms with E-state index in [4.69, 9.17) is 14.2 Å². The summed E-state index contributed by atoms with van der Waals surface area (Å²) in [6.07, 6.45) is 2.47. The van der Waals surface area contributed by atoms with Gasteiger partial charge in [0.2, 0.25) is 5.91 Å². The van der Waals surface area contributed by atoms with Crippen molar-refractivity contribution in [1.82, 2.24) is 14.8 Å². The maximum atomic E-state index is 12.7. The molecule has 7 nitrogen and oxygen atoms in total. The van der Waals surface area contributed by atoms with E-state index in [9.17, 15) is 4.79 Å². The second-order valence-corrected chi connectivity index (χ2v) is 7.90. The first-order valence-electron chi connectivity index (χ1n) is 11.0. The number of carbonyl (C=O) groups excluding carboxylic acids is 1. The number of methoxy groups -OCH3 is 2. The molecule has 2 aromatic carbocycles. The molecule has 7 heteroatoms. The number of para-hydroxylation sites is 1. The lowest BCUT2D eigenvalue weighted by Crippen LogP contribution is -2.43. The lowest BCUT2D eigenvalue weighted by atomic mass is 10.0. The van der Waals surface area contributed by atoms with Crippen molar-refractivity contribution in [3.63, 3.8) is 0 Å². The number of morpholine rings is 1. The lowest BCUT2D eigenvalue weighted by Gasteiger charge is -2.35. The molecule has 1 amide bonds. The van der Waals surface area contributed by atoms with Gasteiger partial charge in [0.1, 0.15) is 0 Å². The summed E-state index contributed by atoms with van der Waals surface area (Å²) in [5.41, 5.74) is 2.23. The van der Waals surface area contributed by atoms with Gasteiger partial charge in [-0.05, 0) is 35.2 Å². The average Bonchev–Trinajstić information content (AvgIpc) is 3.26. The molecule has 32 heavy (non-hydrogen) atoms. The van der Waals surface area contributed by atoms with Crippen LogP contribution in [0.15, 0.2) is 54.7 Å². The van der Waals surface area contributed by atoms with E-state index in [1.807, 2.05) is 36.5 Å². The van der Waals surface area contributed by atoms with Crippen LogP contribution >= 0.6 is 0 Å². The van der Waals surface area contributed by atoms with Gasteiger partial charge in [-0.3, -0.25) is 9.69 Å². The predicted molar refractivity (Wildman–Crippen MR) is 124 cm³/mol. The number of benzene rings is 2. The number of rotatable bonds is 9. The standard InChI is InChI=1S/C25H31N3O4/c1-30-23-8-7-20(17-24(23)31-2)22(28-13-15-32-16-14-28)18-26-25(29)10-12-27-11-9-19-5-3-4-6-21(19)27/h3-9,11,17,22H,10,12-16,18H2,1-2H3,(H,26,29). The van der Waals surface area contributed by atoms with Gasteiger partial charge in [0.25, 0.3) is 0 Å². The molecule has 0 radical (unpaired) electrons. The molecule has 1 atom stereocenters. The molecule has 2 heterocycles. The van der Waals surface area contributed by atoms with Gasteiger partial charge in [-0.1, -0.05) is 24.3 Å². The first-order valence-corrected chi connectivity index (χ1v) is 11.0. The van der Waals surface area contributed by atoms with Crippen LogP contribution in [0.1, 0.15) is 18.0 Å². The number of ether oxygens (including phenoxy) is 3. The van der Waals surface area contributed by atoms with Crippen molar-refractivity contribution in [3.05, 3.63) is 60.3 Å². The highest BCUT2D eigenvalue weighted by Gasteiger charge is 2.24. The van der Waals surface area contributed by atoms with Crippen LogP contribution in [0.2, 0.25) is 0 Å². The van der Waals surface area contributed by atoms with Gasteiger partial charge in [0.15, 0.2) is 11.5 Å². The lowest BCUT2D eigenvalue weighted by molar-refractivity contribution is -0.121. The van der Waals surface area contributed by atoms with E-state index in [2.05, 4.69) is 33.0 Å². The minimum Gasteiger partial charge on any atom is -0.493 e. The Morgan fingerprint density at radius 2 is 1.84 bits per heavy atom. The van der Waals surface area contributed by atoms with E-state index in [0.717, 1.165) is 24.2 Å². The van der Waals surface area contributed by atoms with Gasteiger partial charge < -0.3 is 24.1 Å². The molecule has 170 valence electrons. The van der Waals surface area contributed by atoms with Gasteiger partial charge in [0.05, 0.1) is 33.5 Å². The Bertz CT molecular complexity index is 1040. The zero-order valence-electron chi connectivity index (χ0n) is 18.8. The molecule has 1 aliphatic heterocycles. The van der Waals surface area contributed by atoms with Crippen molar-refractivity contribution < 1.29 is 19.0 Å². The topological polar surface area (TPSA) is 65.0 Å². The van der Waals surface area contributed by atoms with Gasteiger partial charge in [-0.25, -0.2) is 0 Å². The van der Waals surface area contributed by atoms with Crippen LogP contribution in [-0.4, -0.2) is 62.4 Å². The summed E-state index contributed by atoms with van der Waals surface area (Å²) in [5, 5.41) is 4.34. The summed E-state index contributed by atoms with van der Waals surface area (Å²) in [6.45, 7) is 4.21. The molecular formula is C25H31N3O4. The molecule has 3 aromatic rings. The SMILES string of the molecule is COc1ccc(C(CNC(=O)CCn2ccc3ccccc32)N2CCOCC2)cc1OC. The number of nitrogens with one attached hydrogen (secondary N) is 1. The smallest absolute Gasteiger partial charge is 0.221 e. The Balaban J connectivity index is 1.42. The Labute approximate surface area is 188 Å². The molecule has 1 N–H and O–H groups in total. The molecule has 1 aliphatic rings. The van der Waals surface area contributed by atoms with Crippen LogP contribution in [0.5, 0.6) is 11.5 Å². The maximum absolute atomic E-state index is 12.7. The van der Waals surface area contributed by atoms with Crippen LogP contribution < -0.4 is 14.8 Å². The second kappa shape index (κ2) is 10.5. The van der Waals surface area contributed by atoms with Crippen LogP contribution in [0, 0.1) is 0 Å². The third-order valence-corrected chi connectivity index (χ3v) is 6.03. The first-order chi connectivity index (χ1) is 15.7. The van der Waals surface area contributed by atoms with Crippen LogP contribution in [0.25, 0.3) is 10.9 Å². The van der Waals surface area contributed by atoms with Gasteiger partial charge in [-0.15, -0.1) is 0 Å². The largest absolute Gasteiger partial charge is 0.493 e. The number of aryl methyl sites for hydroxylation is 1. The third-order valence-electron chi connectivity index (χ3n) is 6.03. The average molecular weight is 438 g/mol. The monoisotopic (exact) mass is 437 g/mol. The zero-order valence-corrected chi connectivity index (χ0v) is 18.8. The molecule has 1 fully saturated rings. The molecule has 0 aliphatic carbocycles. The molecule has 1 unspecified atom stereocenters. The number of amides is 1. The van der Waals surface area contributed by atoms with E-state index in [-0.39, 0.29) is 11.9 Å². The fourth-order valence-corrected chi connectivity index (χ4v) is 4.26. The summed E-state index contributed by atoms with van der Waals surface area (Å²) in [6, 6.07) is 16.3. The predicted octanol–water partition coefficient (Wildman–Crippen LogP) is 3.24. The van der Waals surface area contributed by atoms with Crippen molar-refractivity contribution in [2.45, 2.75) is 19.0 Å². The van der Waals surface area contributed by atoms with E-state index >= 15 is 0 Å². The van der Waals surface area contributed by atoms with Gasteiger partial charge in [0, 0.05) is 44.3 Å². The van der Waals surface area contributed by atoms with E-state index in [1.165, 1.54) is 5.39 Å². The quantitative estimate of drug-likeness (QED) is 0.557. The van der Waals surface area contributed by atoms with E-state index in [1.54, 1.807) is 14.2 Å². The number of fused-ring (bicyclic) bond motifs is 1. The van der Waals surface area contributed by atoms with Crippen molar-refractivity contribution in [3.8, 4) is 11.5 Å². The fourth-order valence-electron chi connectivity index (χ4n) is 4.26. The molecule has 4 rings (SSSR count). The Morgan fingerprint density at radius 3 is 2.62 bits per heavy atom. The van der Waals surface area contributed by atoms with E-state index < -0.39 is 0 Å². The third kappa shape index (κ3) is 5.06. The van der Waals surface area contributed by atoms with Gasteiger partial charge >= 0.3 is 0 Å². The highest BCUT2D eigenvalue weighted by molar-refractivity contribution is 5.80. The second-order valence-electron chi connectivity index (χ2n) is 7.90. The Hall–Kier alpha value is -3.03. The number of aromatic nitrogens is 1. The number of carbonyl (C=O) groups is 1. The highest BCUT2D eigenvalue weighted by Crippen LogP contribution is 2.32.